The molecule has 0 unspecified atom stereocenters. The predicted octanol–water partition coefficient (Wildman–Crippen LogP) is 5.03. The number of hydrogen-bond donors (Lipinski definition) is 2. The topological polar surface area (TPSA) is 58.2 Å². The second-order valence-electron chi connectivity index (χ2n) is 5.42. The third-order valence-electron chi connectivity index (χ3n) is 3.52. The largest absolute Gasteiger partial charge is 0.326 e. The Morgan fingerprint density at radius 1 is 1.12 bits per heavy atom. The van der Waals surface area contributed by atoms with Crippen molar-refractivity contribution >= 4 is 33.6 Å². The van der Waals surface area contributed by atoms with E-state index in [0.717, 1.165) is 43.0 Å². The summed E-state index contributed by atoms with van der Waals surface area (Å²) in [5.41, 5.74) is 0.760. The molecule has 132 valence electrons. The highest BCUT2D eigenvalue weighted by Crippen LogP contribution is 2.24. The molecule has 7 heteroatoms. The smallest absolute Gasteiger partial charge is 0.307 e. The van der Waals surface area contributed by atoms with E-state index >= 15 is 0 Å². The van der Waals surface area contributed by atoms with Crippen LogP contribution in [0.4, 0.5) is 19.3 Å². The normalized spacial score (nSPS) is 10.4. The molecule has 0 aliphatic rings. The minimum atomic E-state index is -1.15. The highest BCUT2D eigenvalue weighted by Gasteiger charge is 2.19. The van der Waals surface area contributed by atoms with Crippen LogP contribution < -0.4 is 10.6 Å². The molecule has 2 rings (SSSR count). The molecule has 0 aliphatic carbocycles. The number of benzene rings is 2. The fourth-order valence-electron chi connectivity index (χ4n) is 2.23. The zero-order valence-electron chi connectivity index (χ0n) is 13.5. The van der Waals surface area contributed by atoms with Gasteiger partial charge in [-0.2, -0.15) is 0 Å². The quantitative estimate of drug-likeness (QED) is 0.725. The van der Waals surface area contributed by atoms with Gasteiger partial charge in [0.15, 0.2) is 0 Å². The maximum atomic E-state index is 13.5. The van der Waals surface area contributed by atoms with E-state index in [1.807, 2.05) is 17.4 Å². The van der Waals surface area contributed by atoms with Crippen molar-refractivity contribution in [3.8, 4) is 0 Å². The number of rotatable bonds is 5. The van der Waals surface area contributed by atoms with E-state index in [4.69, 9.17) is 0 Å². The third kappa shape index (κ3) is 5.09. The van der Waals surface area contributed by atoms with Gasteiger partial charge in [-0.15, -0.1) is 0 Å². The van der Waals surface area contributed by atoms with E-state index in [1.54, 1.807) is 6.07 Å². The second-order valence-corrected chi connectivity index (χ2v) is 6.28. The molecule has 0 radical (unpaired) electrons. The number of carbonyl (C=O) groups is 2. The van der Waals surface area contributed by atoms with Gasteiger partial charge in [0, 0.05) is 4.47 Å². The highest BCUT2D eigenvalue weighted by atomic mass is 79.9. The van der Waals surface area contributed by atoms with Crippen LogP contribution in [-0.4, -0.2) is 11.9 Å². The molecule has 2 aromatic rings. The first-order valence-corrected chi connectivity index (χ1v) is 8.56. The summed E-state index contributed by atoms with van der Waals surface area (Å²) in [7, 11) is 0. The Labute approximate surface area is 152 Å². The number of halogens is 3. The van der Waals surface area contributed by atoms with Gasteiger partial charge in [0.05, 0.1) is 5.69 Å². The molecule has 25 heavy (non-hydrogen) atoms. The standard InChI is InChI=1S/C18H17BrF2N2O2/c1-2-3-5-11-8-9-15(12(19)10-11)22-18(25)23-17(24)16-13(20)6-4-7-14(16)21/h4,6-10H,2-3,5H2,1H3,(H2,22,23,24,25). The lowest BCUT2D eigenvalue weighted by atomic mass is 10.1. The summed E-state index contributed by atoms with van der Waals surface area (Å²) in [6, 6.07) is 7.59. The summed E-state index contributed by atoms with van der Waals surface area (Å²) in [6.45, 7) is 2.10. The fraction of sp³-hybridized carbons (Fsp3) is 0.222. The number of nitrogens with one attached hydrogen (secondary N) is 2. The number of aryl methyl sites for hydroxylation is 1. The number of unbranched alkanes of at least 4 members (excludes halogenated alkanes) is 1. The van der Waals surface area contributed by atoms with Gasteiger partial charge in [-0.1, -0.05) is 25.5 Å². The first-order valence-electron chi connectivity index (χ1n) is 7.77. The van der Waals surface area contributed by atoms with Gasteiger partial charge >= 0.3 is 6.03 Å². The fourth-order valence-corrected chi connectivity index (χ4v) is 2.76. The summed E-state index contributed by atoms with van der Waals surface area (Å²) >= 11 is 3.35. The lowest BCUT2D eigenvalue weighted by Crippen LogP contribution is -2.35. The van der Waals surface area contributed by atoms with Gasteiger partial charge in [0.25, 0.3) is 5.91 Å². The van der Waals surface area contributed by atoms with Crippen LogP contribution in [0.3, 0.4) is 0 Å². The molecule has 0 saturated heterocycles. The molecule has 4 nitrogen and oxygen atoms in total. The van der Waals surface area contributed by atoms with Crippen LogP contribution in [0.25, 0.3) is 0 Å². The molecule has 3 amide bonds. The van der Waals surface area contributed by atoms with Crippen molar-refractivity contribution in [1.82, 2.24) is 5.32 Å². The van der Waals surface area contributed by atoms with Gasteiger partial charge in [0.2, 0.25) is 0 Å². The van der Waals surface area contributed by atoms with E-state index in [-0.39, 0.29) is 0 Å². The Balaban J connectivity index is 2.04. The zero-order chi connectivity index (χ0) is 18.4. The molecular weight excluding hydrogens is 394 g/mol. The average molecular weight is 411 g/mol. The summed E-state index contributed by atoms with van der Waals surface area (Å²) in [6.07, 6.45) is 3.06. The van der Waals surface area contributed by atoms with E-state index < -0.39 is 29.1 Å². The Hall–Kier alpha value is -2.28. The molecule has 0 aliphatic heterocycles. The van der Waals surface area contributed by atoms with Gasteiger partial charge < -0.3 is 5.32 Å². The van der Waals surface area contributed by atoms with Crippen LogP contribution in [-0.2, 0) is 6.42 Å². The Kier molecular flexibility index (Phi) is 6.64. The van der Waals surface area contributed by atoms with Crippen molar-refractivity contribution in [3.05, 3.63) is 63.6 Å². The Bertz CT molecular complexity index is 776. The summed E-state index contributed by atoms with van der Waals surface area (Å²) in [5.74, 6) is -3.22. The lowest BCUT2D eigenvalue weighted by Gasteiger charge is -2.10. The average Bonchev–Trinajstić information content (AvgIpc) is 2.55. The number of urea groups is 1. The number of anilines is 1. The number of amides is 3. The molecule has 0 bridgehead atoms. The second kappa shape index (κ2) is 8.71. The third-order valence-corrected chi connectivity index (χ3v) is 4.17. The van der Waals surface area contributed by atoms with Crippen LogP contribution in [0.5, 0.6) is 0 Å². The minimum absolute atomic E-state index is 0.444. The first kappa shape index (κ1) is 19.1. The van der Waals surface area contributed by atoms with Gasteiger partial charge in [0.1, 0.15) is 17.2 Å². The minimum Gasteiger partial charge on any atom is -0.307 e. The molecular formula is C18H17BrF2N2O2. The Morgan fingerprint density at radius 3 is 2.40 bits per heavy atom. The molecule has 2 N–H and O–H groups in total. The molecule has 0 atom stereocenters. The maximum Gasteiger partial charge on any atom is 0.326 e. The predicted molar refractivity (Wildman–Crippen MR) is 95.6 cm³/mol. The van der Waals surface area contributed by atoms with Crippen LogP contribution in [0.2, 0.25) is 0 Å². The lowest BCUT2D eigenvalue weighted by molar-refractivity contribution is 0.0959. The first-order chi connectivity index (χ1) is 11.9. The monoisotopic (exact) mass is 410 g/mol. The number of hydrogen-bond acceptors (Lipinski definition) is 2. The van der Waals surface area contributed by atoms with Crippen molar-refractivity contribution in [2.75, 3.05) is 5.32 Å². The maximum absolute atomic E-state index is 13.5. The van der Waals surface area contributed by atoms with Gasteiger partial charge in [-0.05, 0) is 58.6 Å². The van der Waals surface area contributed by atoms with Crippen molar-refractivity contribution in [2.45, 2.75) is 26.2 Å². The van der Waals surface area contributed by atoms with Crippen molar-refractivity contribution in [3.63, 3.8) is 0 Å². The van der Waals surface area contributed by atoms with Crippen molar-refractivity contribution in [1.29, 1.82) is 0 Å². The highest BCUT2D eigenvalue weighted by molar-refractivity contribution is 9.10. The summed E-state index contributed by atoms with van der Waals surface area (Å²) < 4.78 is 27.8. The Morgan fingerprint density at radius 2 is 1.80 bits per heavy atom. The zero-order valence-corrected chi connectivity index (χ0v) is 15.1. The molecule has 0 heterocycles. The van der Waals surface area contributed by atoms with Crippen LogP contribution >= 0.6 is 15.9 Å². The molecule has 0 spiro atoms. The van der Waals surface area contributed by atoms with Crippen LogP contribution in [0.15, 0.2) is 40.9 Å². The van der Waals surface area contributed by atoms with E-state index in [0.29, 0.717) is 10.2 Å². The molecule has 0 saturated carbocycles. The molecule has 0 aromatic heterocycles. The van der Waals surface area contributed by atoms with Crippen molar-refractivity contribution < 1.29 is 18.4 Å². The van der Waals surface area contributed by atoms with Crippen LogP contribution in [0, 0.1) is 11.6 Å². The molecule has 0 fully saturated rings. The molecule has 2 aromatic carbocycles. The number of carbonyl (C=O) groups excluding carboxylic acids is 2. The van der Waals surface area contributed by atoms with Crippen molar-refractivity contribution in [2.24, 2.45) is 0 Å². The van der Waals surface area contributed by atoms with Gasteiger partial charge in [-0.3, -0.25) is 10.1 Å². The SMILES string of the molecule is CCCCc1ccc(NC(=O)NC(=O)c2c(F)cccc2F)c(Br)c1. The number of imide groups is 1. The van der Waals surface area contributed by atoms with E-state index in [1.165, 1.54) is 0 Å². The summed E-state index contributed by atoms with van der Waals surface area (Å²) in [4.78, 5) is 23.8. The van der Waals surface area contributed by atoms with Gasteiger partial charge in [-0.25, -0.2) is 13.6 Å². The summed E-state index contributed by atoms with van der Waals surface area (Å²) in [5, 5.41) is 4.38. The van der Waals surface area contributed by atoms with Crippen LogP contribution in [0.1, 0.15) is 35.7 Å². The van der Waals surface area contributed by atoms with E-state index in [2.05, 4.69) is 28.2 Å². The van der Waals surface area contributed by atoms with E-state index in [9.17, 15) is 18.4 Å².